The third-order valence-corrected chi connectivity index (χ3v) is 6.14. The van der Waals surface area contributed by atoms with Crippen LogP contribution < -0.4 is 0 Å². The first-order valence-electron chi connectivity index (χ1n) is 7.11. The molecule has 0 spiro atoms. The first kappa shape index (κ1) is 13.6. The second kappa shape index (κ2) is 4.58. The fourth-order valence-corrected chi connectivity index (χ4v) is 4.61. The quantitative estimate of drug-likeness (QED) is 0.886. The second-order valence-electron chi connectivity index (χ2n) is 6.26. The molecule has 1 aliphatic carbocycles. The minimum atomic E-state index is -1.07. The van der Waals surface area contributed by atoms with Gasteiger partial charge in [-0.1, -0.05) is 25.1 Å². The Morgan fingerprint density at radius 2 is 2.20 bits per heavy atom. The molecule has 3 unspecified atom stereocenters. The van der Waals surface area contributed by atoms with Crippen molar-refractivity contribution in [3.8, 4) is 6.07 Å². The van der Waals surface area contributed by atoms with Crippen molar-refractivity contribution in [3.63, 3.8) is 0 Å². The largest absolute Gasteiger partial charge is 0.383 e. The van der Waals surface area contributed by atoms with Gasteiger partial charge in [0.2, 0.25) is 0 Å². The zero-order chi connectivity index (χ0) is 14.4. The Morgan fingerprint density at radius 3 is 2.80 bits per heavy atom. The van der Waals surface area contributed by atoms with E-state index < -0.39 is 11.0 Å². The molecule has 0 amide bonds. The highest BCUT2D eigenvalue weighted by Crippen LogP contribution is 2.54. The van der Waals surface area contributed by atoms with E-state index in [1.54, 1.807) is 11.3 Å². The summed E-state index contributed by atoms with van der Waals surface area (Å²) < 4.78 is 1.17. The fraction of sp³-hybridized carbons (Fsp3) is 0.471. The third kappa shape index (κ3) is 1.87. The molecule has 1 aliphatic rings. The van der Waals surface area contributed by atoms with Crippen LogP contribution in [0.2, 0.25) is 0 Å². The maximum Gasteiger partial charge on any atom is 0.114 e. The van der Waals surface area contributed by atoms with Gasteiger partial charge >= 0.3 is 0 Å². The van der Waals surface area contributed by atoms with Crippen LogP contribution in [-0.2, 0) is 5.60 Å². The number of benzene rings is 1. The summed E-state index contributed by atoms with van der Waals surface area (Å²) in [6.45, 7) is 3.99. The molecule has 0 bridgehead atoms. The highest BCUT2D eigenvalue weighted by Gasteiger charge is 2.52. The van der Waals surface area contributed by atoms with Crippen molar-refractivity contribution in [2.24, 2.45) is 11.3 Å². The highest BCUT2D eigenvalue weighted by molar-refractivity contribution is 7.19. The van der Waals surface area contributed by atoms with E-state index in [0.29, 0.717) is 5.92 Å². The van der Waals surface area contributed by atoms with E-state index in [1.165, 1.54) is 4.70 Å². The van der Waals surface area contributed by atoms with Gasteiger partial charge in [-0.3, -0.25) is 0 Å². The predicted octanol–water partition coefficient (Wildman–Crippen LogP) is 4.44. The van der Waals surface area contributed by atoms with Gasteiger partial charge < -0.3 is 5.11 Å². The van der Waals surface area contributed by atoms with Gasteiger partial charge in [0.15, 0.2) is 0 Å². The van der Waals surface area contributed by atoms with Gasteiger partial charge in [0.1, 0.15) is 5.60 Å². The Morgan fingerprint density at radius 1 is 1.45 bits per heavy atom. The zero-order valence-corrected chi connectivity index (χ0v) is 12.7. The van der Waals surface area contributed by atoms with Crippen molar-refractivity contribution >= 4 is 21.4 Å². The average Bonchev–Trinajstić information content (AvgIpc) is 3.03. The Labute approximate surface area is 123 Å². The molecule has 0 saturated heterocycles. The first-order chi connectivity index (χ1) is 9.48. The minimum absolute atomic E-state index is 0.510. The molecule has 3 atom stereocenters. The summed E-state index contributed by atoms with van der Waals surface area (Å²) in [6, 6.07) is 12.6. The minimum Gasteiger partial charge on any atom is -0.383 e. The number of thiophene rings is 1. The van der Waals surface area contributed by atoms with Gasteiger partial charge in [0.05, 0.1) is 11.5 Å². The number of aliphatic hydroxyl groups is 1. The van der Waals surface area contributed by atoms with E-state index in [-0.39, 0.29) is 0 Å². The number of hydrogen-bond donors (Lipinski definition) is 1. The normalized spacial score (nSPS) is 29.2. The smallest absolute Gasteiger partial charge is 0.114 e. The van der Waals surface area contributed by atoms with Crippen LogP contribution in [0.25, 0.3) is 10.1 Å². The molecule has 0 aliphatic heterocycles. The standard InChI is InChI=1S/C17H19NOS/c1-12-7-8-17(10-12,11-18)16(2,19)15-9-13-5-3-4-6-14(13)20-15/h3-6,9,12,19H,7-8,10H2,1-2H3. The molecule has 2 nitrogen and oxygen atoms in total. The van der Waals surface area contributed by atoms with Gasteiger partial charge in [-0.2, -0.15) is 5.26 Å². The summed E-state index contributed by atoms with van der Waals surface area (Å²) in [5.41, 5.74) is -1.72. The summed E-state index contributed by atoms with van der Waals surface area (Å²) >= 11 is 1.61. The van der Waals surface area contributed by atoms with Crippen LogP contribution in [0, 0.1) is 22.7 Å². The molecule has 104 valence electrons. The van der Waals surface area contributed by atoms with Crippen molar-refractivity contribution < 1.29 is 5.11 Å². The predicted molar refractivity (Wildman–Crippen MR) is 82.5 cm³/mol. The molecule has 0 radical (unpaired) electrons. The molecule has 1 aromatic carbocycles. The molecule has 1 fully saturated rings. The highest BCUT2D eigenvalue weighted by atomic mass is 32.1. The van der Waals surface area contributed by atoms with Crippen molar-refractivity contribution in [2.45, 2.75) is 38.7 Å². The Bertz CT molecular complexity index is 649. The molecule has 1 aromatic heterocycles. The van der Waals surface area contributed by atoms with Crippen molar-refractivity contribution in [1.82, 2.24) is 0 Å². The lowest BCUT2D eigenvalue weighted by atomic mass is 9.71. The summed E-state index contributed by atoms with van der Waals surface area (Å²) in [5.74, 6) is 0.510. The molecule has 20 heavy (non-hydrogen) atoms. The fourth-order valence-electron chi connectivity index (χ4n) is 3.40. The molecule has 1 heterocycles. The van der Waals surface area contributed by atoms with Crippen LogP contribution in [-0.4, -0.2) is 5.11 Å². The van der Waals surface area contributed by atoms with E-state index in [4.69, 9.17) is 0 Å². The molecule has 1 N–H and O–H groups in total. The summed E-state index contributed by atoms with van der Waals surface area (Å²) in [4.78, 5) is 0.911. The zero-order valence-electron chi connectivity index (χ0n) is 11.9. The molecule has 3 heteroatoms. The monoisotopic (exact) mass is 285 g/mol. The third-order valence-electron chi connectivity index (χ3n) is 4.81. The lowest BCUT2D eigenvalue weighted by molar-refractivity contribution is -0.0406. The van der Waals surface area contributed by atoms with Crippen LogP contribution in [0.1, 0.15) is 38.0 Å². The average molecular weight is 285 g/mol. The van der Waals surface area contributed by atoms with E-state index in [9.17, 15) is 10.4 Å². The van der Waals surface area contributed by atoms with Crippen LogP contribution in [0.15, 0.2) is 30.3 Å². The Hall–Kier alpha value is -1.37. The number of fused-ring (bicyclic) bond motifs is 1. The molecular formula is C17H19NOS. The molecule has 1 saturated carbocycles. The second-order valence-corrected chi connectivity index (χ2v) is 7.35. The van der Waals surface area contributed by atoms with Crippen LogP contribution in [0.5, 0.6) is 0 Å². The van der Waals surface area contributed by atoms with Crippen LogP contribution >= 0.6 is 11.3 Å². The number of nitriles is 1. The van der Waals surface area contributed by atoms with Gasteiger partial charge in [-0.15, -0.1) is 11.3 Å². The van der Waals surface area contributed by atoms with E-state index >= 15 is 0 Å². The van der Waals surface area contributed by atoms with E-state index in [2.05, 4.69) is 25.1 Å². The molecular weight excluding hydrogens is 266 g/mol. The van der Waals surface area contributed by atoms with E-state index in [1.807, 2.05) is 25.1 Å². The summed E-state index contributed by atoms with van der Waals surface area (Å²) in [6.07, 6.45) is 2.59. The maximum atomic E-state index is 11.1. The molecule has 3 rings (SSSR count). The van der Waals surface area contributed by atoms with Crippen LogP contribution in [0.4, 0.5) is 0 Å². The Kier molecular flexibility index (Phi) is 3.12. The van der Waals surface area contributed by atoms with Gasteiger partial charge in [-0.25, -0.2) is 0 Å². The van der Waals surface area contributed by atoms with Crippen molar-refractivity contribution in [1.29, 1.82) is 5.26 Å². The topological polar surface area (TPSA) is 44.0 Å². The lowest BCUT2D eigenvalue weighted by Gasteiger charge is -2.36. The maximum absolute atomic E-state index is 11.1. The van der Waals surface area contributed by atoms with Gasteiger partial charge in [-0.05, 0) is 49.6 Å². The van der Waals surface area contributed by atoms with Crippen molar-refractivity contribution in [3.05, 3.63) is 35.2 Å². The van der Waals surface area contributed by atoms with Gasteiger partial charge in [0.25, 0.3) is 0 Å². The lowest BCUT2D eigenvalue weighted by Crippen LogP contribution is -2.40. The Balaban J connectivity index is 2.09. The number of hydrogen-bond acceptors (Lipinski definition) is 3. The number of nitrogens with zero attached hydrogens (tertiary/aromatic N) is 1. The van der Waals surface area contributed by atoms with Crippen molar-refractivity contribution in [2.75, 3.05) is 0 Å². The SMILES string of the molecule is CC1CCC(C#N)(C(C)(O)c2cc3ccccc3s2)C1. The van der Waals surface area contributed by atoms with Crippen LogP contribution in [0.3, 0.4) is 0 Å². The molecule has 2 aromatic rings. The summed E-state index contributed by atoms with van der Waals surface area (Å²) in [5, 5.41) is 22.0. The summed E-state index contributed by atoms with van der Waals surface area (Å²) in [7, 11) is 0. The van der Waals surface area contributed by atoms with Gasteiger partial charge in [0, 0.05) is 9.58 Å². The first-order valence-corrected chi connectivity index (χ1v) is 7.93. The van der Waals surface area contributed by atoms with E-state index in [0.717, 1.165) is 29.5 Å². The number of rotatable bonds is 2.